The number of piperidine rings is 1. The second kappa shape index (κ2) is 11.6. The summed E-state index contributed by atoms with van der Waals surface area (Å²) in [5.41, 5.74) is 1.20. The summed E-state index contributed by atoms with van der Waals surface area (Å²) in [4.78, 5) is 36.5. The smallest absolute Gasteiger partial charge is 0.272 e. The number of hydrogen-bond donors (Lipinski definition) is 1. The molecule has 2 aliphatic heterocycles. The van der Waals surface area contributed by atoms with E-state index in [9.17, 15) is 9.59 Å². The first-order valence-corrected chi connectivity index (χ1v) is 13.0. The Morgan fingerprint density at radius 1 is 1.14 bits per heavy atom. The van der Waals surface area contributed by atoms with Crippen LogP contribution in [0.5, 0.6) is 5.75 Å². The number of carbonyl (C=O) groups excluding carboxylic acids is 2. The number of rotatable bonds is 3. The van der Waals surface area contributed by atoms with Crippen molar-refractivity contribution in [1.29, 1.82) is 0 Å². The molecule has 1 saturated heterocycles. The van der Waals surface area contributed by atoms with Gasteiger partial charge in [-0.3, -0.25) is 9.59 Å². The quantitative estimate of drug-likeness (QED) is 0.706. The van der Waals surface area contributed by atoms with Gasteiger partial charge < -0.3 is 15.0 Å². The van der Waals surface area contributed by atoms with Gasteiger partial charge in [-0.05, 0) is 62.1 Å². The molecule has 1 spiro atoms. The largest absolute Gasteiger partial charge is 0.491 e. The topological polar surface area (TPSA) is 84.4 Å². The van der Waals surface area contributed by atoms with E-state index in [0.717, 1.165) is 44.3 Å². The van der Waals surface area contributed by atoms with Crippen molar-refractivity contribution in [1.82, 2.24) is 20.2 Å². The Bertz CT molecular complexity index is 987. The Morgan fingerprint density at radius 3 is 2.69 bits per heavy atom. The summed E-state index contributed by atoms with van der Waals surface area (Å²) in [5.74, 6) is 1.41. The molecular formula is C28H38N4O3. The van der Waals surface area contributed by atoms with Gasteiger partial charge in [0.1, 0.15) is 24.4 Å². The summed E-state index contributed by atoms with van der Waals surface area (Å²) in [6, 6.07) is 9.87. The van der Waals surface area contributed by atoms with Crippen molar-refractivity contribution in [3.8, 4) is 5.75 Å². The van der Waals surface area contributed by atoms with Crippen LogP contribution in [0.3, 0.4) is 0 Å². The standard InChI is InChI=1S/C28H38N4O3/c1-21(2)18-23-19-35-25-10-6-5-9-22(25)8-4-3-7-12-28(27(34)31-23)13-16-32(17-14-28)26(33)24-11-15-29-20-30-24/h5-6,9-11,15,20-21,23H,3-4,7-8,12-14,16-19H2,1-2H3,(H,31,34)/t23-/m0/s1. The third kappa shape index (κ3) is 6.38. The van der Waals surface area contributed by atoms with E-state index in [1.807, 2.05) is 17.0 Å². The molecule has 4 rings (SSSR count). The summed E-state index contributed by atoms with van der Waals surface area (Å²) in [6.45, 7) is 5.94. The van der Waals surface area contributed by atoms with E-state index in [2.05, 4.69) is 41.3 Å². The zero-order chi connectivity index (χ0) is 24.7. The number of amides is 2. The van der Waals surface area contributed by atoms with Gasteiger partial charge >= 0.3 is 0 Å². The van der Waals surface area contributed by atoms with Crippen LogP contribution in [0.1, 0.15) is 74.8 Å². The van der Waals surface area contributed by atoms with E-state index in [1.165, 1.54) is 11.9 Å². The molecule has 1 aromatic heterocycles. The highest BCUT2D eigenvalue weighted by atomic mass is 16.5. The molecule has 2 amide bonds. The van der Waals surface area contributed by atoms with Crippen molar-refractivity contribution in [2.75, 3.05) is 19.7 Å². The van der Waals surface area contributed by atoms with Crippen LogP contribution in [0, 0.1) is 11.3 Å². The molecule has 0 aliphatic carbocycles. The average Bonchev–Trinajstić information content (AvgIpc) is 2.88. The minimum absolute atomic E-state index is 0.0473. The van der Waals surface area contributed by atoms with Crippen LogP contribution in [0.15, 0.2) is 42.9 Å². The second-order valence-corrected chi connectivity index (χ2v) is 10.4. The normalized spacial score (nSPS) is 21.2. The van der Waals surface area contributed by atoms with Crippen molar-refractivity contribution in [3.63, 3.8) is 0 Å². The van der Waals surface area contributed by atoms with Gasteiger partial charge in [0.15, 0.2) is 0 Å². The summed E-state index contributed by atoms with van der Waals surface area (Å²) in [5, 5.41) is 3.37. The number of fused-ring (bicyclic) bond motifs is 1. The van der Waals surface area contributed by atoms with E-state index in [4.69, 9.17) is 4.74 Å². The maximum Gasteiger partial charge on any atom is 0.272 e. The molecule has 1 aromatic carbocycles. The van der Waals surface area contributed by atoms with E-state index in [1.54, 1.807) is 12.3 Å². The van der Waals surface area contributed by atoms with Crippen LogP contribution in [0.2, 0.25) is 0 Å². The highest BCUT2D eigenvalue weighted by Crippen LogP contribution is 2.38. The van der Waals surface area contributed by atoms with E-state index in [-0.39, 0.29) is 17.9 Å². The number of nitrogens with one attached hydrogen (secondary N) is 1. The van der Waals surface area contributed by atoms with Crippen molar-refractivity contribution < 1.29 is 14.3 Å². The lowest BCUT2D eigenvalue weighted by Crippen LogP contribution is -2.53. The molecule has 1 atom stereocenters. The lowest BCUT2D eigenvalue weighted by atomic mass is 9.73. The number of benzene rings is 1. The molecular weight excluding hydrogens is 440 g/mol. The molecule has 35 heavy (non-hydrogen) atoms. The van der Waals surface area contributed by atoms with E-state index in [0.29, 0.717) is 44.1 Å². The number of aryl methyl sites for hydroxylation is 1. The van der Waals surface area contributed by atoms with Crippen LogP contribution in [-0.2, 0) is 11.2 Å². The number of aromatic nitrogens is 2. The zero-order valence-electron chi connectivity index (χ0n) is 21.0. The Kier molecular flexibility index (Phi) is 8.37. The molecule has 2 aliphatic rings. The van der Waals surface area contributed by atoms with Crippen LogP contribution in [-0.4, -0.2) is 52.4 Å². The van der Waals surface area contributed by atoms with Crippen LogP contribution in [0.4, 0.5) is 0 Å². The van der Waals surface area contributed by atoms with Gasteiger partial charge in [0.25, 0.3) is 5.91 Å². The highest BCUT2D eigenvalue weighted by Gasteiger charge is 2.42. The van der Waals surface area contributed by atoms with Gasteiger partial charge in [0.2, 0.25) is 5.91 Å². The van der Waals surface area contributed by atoms with Gasteiger partial charge in [-0.25, -0.2) is 9.97 Å². The molecule has 1 fully saturated rings. The minimum Gasteiger partial charge on any atom is -0.491 e. The zero-order valence-corrected chi connectivity index (χ0v) is 21.0. The number of likely N-dealkylation sites (tertiary alicyclic amines) is 1. The van der Waals surface area contributed by atoms with Crippen molar-refractivity contribution in [2.45, 2.75) is 71.3 Å². The number of para-hydroxylation sites is 1. The first kappa shape index (κ1) is 25.1. The lowest BCUT2D eigenvalue weighted by Gasteiger charge is -2.41. The molecule has 7 nitrogen and oxygen atoms in total. The maximum absolute atomic E-state index is 13.8. The first-order valence-electron chi connectivity index (χ1n) is 13.0. The van der Waals surface area contributed by atoms with Crippen molar-refractivity contribution >= 4 is 11.8 Å². The predicted octanol–water partition coefficient (Wildman–Crippen LogP) is 4.43. The van der Waals surface area contributed by atoms with Crippen LogP contribution < -0.4 is 10.1 Å². The van der Waals surface area contributed by atoms with E-state index >= 15 is 0 Å². The van der Waals surface area contributed by atoms with Crippen LogP contribution in [0.25, 0.3) is 0 Å². The van der Waals surface area contributed by atoms with Gasteiger partial charge in [-0.1, -0.05) is 44.9 Å². The molecule has 188 valence electrons. The number of ether oxygens (including phenoxy) is 1. The SMILES string of the molecule is CC(C)C[C@H]1COc2ccccc2CCCCCC2(CCN(C(=O)c3ccncn3)CC2)C(=O)N1. The molecule has 0 bridgehead atoms. The van der Waals surface area contributed by atoms with E-state index < -0.39 is 5.41 Å². The molecule has 0 unspecified atom stereocenters. The third-order valence-electron chi connectivity index (χ3n) is 7.40. The summed E-state index contributed by atoms with van der Waals surface area (Å²) < 4.78 is 6.26. The molecule has 7 heteroatoms. The summed E-state index contributed by atoms with van der Waals surface area (Å²) in [7, 11) is 0. The van der Waals surface area contributed by atoms with Crippen molar-refractivity contribution in [3.05, 3.63) is 54.1 Å². The molecule has 2 aromatic rings. The van der Waals surface area contributed by atoms with Gasteiger partial charge in [-0.2, -0.15) is 0 Å². The molecule has 3 heterocycles. The monoisotopic (exact) mass is 478 g/mol. The number of nitrogens with zero attached hydrogens (tertiary/aromatic N) is 3. The molecule has 0 saturated carbocycles. The second-order valence-electron chi connectivity index (χ2n) is 10.4. The summed E-state index contributed by atoms with van der Waals surface area (Å²) in [6.07, 6.45) is 10.2. The van der Waals surface area contributed by atoms with Gasteiger partial charge in [0, 0.05) is 19.3 Å². The molecule has 0 radical (unpaired) electrons. The fourth-order valence-electron chi connectivity index (χ4n) is 5.38. The van der Waals surface area contributed by atoms with Crippen LogP contribution >= 0.6 is 0 Å². The Morgan fingerprint density at radius 2 is 1.94 bits per heavy atom. The fourth-order valence-corrected chi connectivity index (χ4v) is 5.38. The predicted molar refractivity (Wildman–Crippen MR) is 135 cm³/mol. The first-order chi connectivity index (χ1) is 17.0. The Labute approximate surface area is 208 Å². The number of hydrogen-bond acceptors (Lipinski definition) is 5. The maximum atomic E-state index is 13.8. The van der Waals surface area contributed by atoms with Crippen molar-refractivity contribution in [2.24, 2.45) is 11.3 Å². The Balaban J connectivity index is 1.49. The average molecular weight is 479 g/mol. The Hall–Kier alpha value is -2.96. The molecule has 1 N–H and O–H groups in total. The van der Waals surface area contributed by atoms with Gasteiger partial charge in [0.05, 0.1) is 11.5 Å². The third-order valence-corrected chi connectivity index (χ3v) is 7.40. The minimum atomic E-state index is -0.446. The summed E-state index contributed by atoms with van der Waals surface area (Å²) >= 11 is 0. The van der Waals surface area contributed by atoms with Gasteiger partial charge in [-0.15, -0.1) is 0 Å². The highest BCUT2D eigenvalue weighted by molar-refractivity contribution is 5.92. The fraction of sp³-hybridized carbons (Fsp3) is 0.571. The number of carbonyl (C=O) groups is 2. The lowest BCUT2D eigenvalue weighted by molar-refractivity contribution is -0.135.